The molecule has 0 aliphatic carbocycles. The summed E-state index contributed by atoms with van der Waals surface area (Å²) in [5, 5.41) is 2.67. The highest BCUT2D eigenvalue weighted by Crippen LogP contribution is 2.12. The molecule has 0 spiro atoms. The van der Waals surface area contributed by atoms with Gasteiger partial charge in [0.15, 0.2) is 6.29 Å². The van der Waals surface area contributed by atoms with Gasteiger partial charge < -0.3 is 14.8 Å². The standard InChI is InChI=1S/C12H22N2O4/c1-4-7-9-11(15)14(12(16)13-9)8-10(17-5-2)18-6-3/h9-10H,4-8H2,1-3H3,(H,13,16). The summed E-state index contributed by atoms with van der Waals surface area (Å²) in [5.74, 6) is -0.189. The van der Waals surface area contributed by atoms with Crippen LogP contribution in [0.15, 0.2) is 0 Å². The lowest BCUT2D eigenvalue weighted by Crippen LogP contribution is -2.40. The molecule has 18 heavy (non-hydrogen) atoms. The number of imide groups is 1. The summed E-state index contributed by atoms with van der Waals surface area (Å²) >= 11 is 0. The average molecular weight is 258 g/mol. The van der Waals surface area contributed by atoms with Gasteiger partial charge in [-0.25, -0.2) is 4.79 Å². The van der Waals surface area contributed by atoms with Crippen molar-refractivity contribution >= 4 is 11.9 Å². The summed E-state index contributed by atoms with van der Waals surface area (Å²) in [7, 11) is 0. The molecule has 104 valence electrons. The third-order valence-electron chi connectivity index (χ3n) is 2.72. The largest absolute Gasteiger partial charge is 0.351 e. The van der Waals surface area contributed by atoms with E-state index in [1.54, 1.807) is 0 Å². The van der Waals surface area contributed by atoms with E-state index in [-0.39, 0.29) is 18.5 Å². The highest BCUT2D eigenvalue weighted by Gasteiger charge is 2.38. The van der Waals surface area contributed by atoms with Crippen molar-refractivity contribution in [3.63, 3.8) is 0 Å². The van der Waals surface area contributed by atoms with Crippen molar-refractivity contribution in [1.82, 2.24) is 10.2 Å². The van der Waals surface area contributed by atoms with E-state index in [9.17, 15) is 9.59 Å². The molecule has 0 bridgehead atoms. The number of carbonyl (C=O) groups is 2. The molecule has 1 N–H and O–H groups in total. The third kappa shape index (κ3) is 3.68. The summed E-state index contributed by atoms with van der Waals surface area (Å²) in [5.41, 5.74) is 0. The Morgan fingerprint density at radius 3 is 2.33 bits per heavy atom. The normalized spacial score (nSPS) is 19.8. The Morgan fingerprint density at radius 1 is 1.22 bits per heavy atom. The maximum absolute atomic E-state index is 12.0. The van der Waals surface area contributed by atoms with Crippen LogP contribution in [-0.4, -0.2) is 48.9 Å². The molecular formula is C12H22N2O4. The van der Waals surface area contributed by atoms with Crippen molar-refractivity contribution in [3.05, 3.63) is 0 Å². The van der Waals surface area contributed by atoms with Crippen LogP contribution < -0.4 is 5.32 Å². The fraction of sp³-hybridized carbons (Fsp3) is 0.833. The first kappa shape index (κ1) is 14.9. The average Bonchev–Trinajstić information content (AvgIpc) is 2.58. The summed E-state index contributed by atoms with van der Waals surface area (Å²) in [6.45, 7) is 6.77. The molecule has 3 amide bonds. The molecule has 1 fully saturated rings. The molecule has 6 nitrogen and oxygen atoms in total. The SMILES string of the molecule is CCCC1NC(=O)N(CC(OCC)OCC)C1=O. The van der Waals surface area contributed by atoms with Gasteiger partial charge in [-0.3, -0.25) is 9.69 Å². The van der Waals surface area contributed by atoms with Crippen LogP contribution in [0.3, 0.4) is 0 Å². The number of rotatable bonds is 8. The summed E-state index contributed by atoms with van der Waals surface area (Å²) in [4.78, 5) is 24.9. The van der Waals surface area contributed by atoms with Gasteiger partial charge in [-0.15, -0.1) is 0 Å². The van der Waals surface area contributed by atoms with E-state index in [2.05, 4.69) is 5.32 Å². The third-order valence-corrected chi connectivity index (χ3v) is 2.72. The molecule has 0 aromatic carbocycles. The van der Waals surface area contributed by atoms with Crippen molar-refractivity contribution in [2.75, 3.05) is 19.8 Å². The molecule has 0 radical (unpaired) electrons. The first-order valence-corrected chi connectivity index (χ1v) is 6.49. The maximum Gasteiger partial charge on any atom is 0.324 e. The number of ether oxygens (including phenoxy) is 2. The zero-order valence-corrected chi connectivity index (χ0v) is 11.3. The molecule has 0 aromatic heterocycles. The van der Waals surface area contributed by atoms with Crippen molar-refractivity contribution in [3.8, 4) is 0 Å². The van der Waals surface area contributed by atoms with Crippen LogP contribution in [-0.2, 0) is 14.3 Å². The molecular weight excluding hydrogens is 236 g/mol. The van der Waals surface area contributed by atoms with Crippen LogP contribution >= 0.6 is 0 Å². The van der Waals surface area contributed by atoms with E-state index < -0.39 is 12.3 Å². The van der Waals surface area contributed by atoms with Gasteiger partial charge in [0.2, 0.25) is 0 Å². The van der Waals surface area contributed by atoms with Crippen LogP contribution in [0.1, 0.15) is 33.6 Å². The Hall–Kier alpha value is -1.14. The van der Waals surface area contributed by atoms with Crippen LogP contribution in [0.25, 0.3) is 0 Å². The Bertz CT molecular complexity index is 290. The van der Waals surface area contributed by atoms with E-state index in [0.29, 0.717) is 19.6 Å². The number of nitrogens with one attached hydrogen (secondary N) is 1. The van der Waals surface area contributed by atoms with E-state index in [4.69, 9.17) is 9.47 Å². The van der Waals surface area contributed by atoms with Gasteiger partial charge in [0.05, 0.1) is 6.54 Å². The minimum atomic E-state index is -0.546. The number of amides is 3. The molecule has 1 atom stereocenters. The van der Waals surface area contributed by atoms with Gasteiger partial charge in [-0.2, -0.15) is 0 Å². The van der Waals surface area contributed by atoms with Gasteiger partial charge in [0.25, 0.3) is 5.91 Å². The summed E-state index contributed by atoms with van der Waals surface area (Å²) in [6, 6.07) is -0.755. The Balaban J connectivity index is 2.59. The molecule has 1 saturated heterocycles. The Labute approximate surface area is 108 Å². The lowest BCUT2D eigenvalue weighted by Gasteiger charge is -2.21. The van der Waals surface area contributed by atoms with Gasteiger partial charge in [0.1, 0.15) is 6.04 Å². The predicted octanol–water partition coefficient (Wildman–Crippen LogP) is 1.11. The number of hydrogen-bond acceptors (Lipinski definition) is 4. The van der Waals surface area contributed by atoms with Crippen LogP contribution in [0.5, 0.6) is 0 Å². The number of nitrogens with zero attached hydrogens (tertiary/aromatic N) is 1. The number of urea groups is 1. The minimum absolute atomic E-state index is 0.145. The van der Waals surface area contributed by atoms with Crippen molar-refractivity contribution in [2.45, 2.75) is 45.9 Å². The first-order valence-electron chi connectivity index (χ1n) is 6.49. The lowest BCUT2D eigenvalue weighted by molar-refractivity contribution is -0.152. The molecule has 1 aliphatic rings. The van der Waals surface area contributed by atoms with Crippen LogP contribution in [0.2, 0.25) is 0 Å². The molecule has 1 heterocycles. The van der Waals surface area contributed by atoms with Gasteiger partial charge in [0, 0.05) is 13.2 Å². The van der Waals surface area contributed by atoms with Gasteiger partial charge in [-0.05, 0) is 20.3 Å². The van der Waals surface area contributed by atoms with Crippen molar-refractivity contribution in [2.24, 2.45) is 0 Å². The molecule has 6 heteroatoms. The number of carbonyl (C=O) groups excluding carboxylic acids is 2. The quantitative estimate of drug-likeness (QED) is 0.523. The van der Waals surface area contributed by atoms with Crippen molar-refractivity contribution in [1.29, 1.82) is 0 Å². The lowest BCUT2D eigenvalue weighted by atomic mass is 10.2. The van der Waals surface area contributed by atoms with E-state index >= 15 is 0 Å². The molecule has 1 unspecified atom stereocenters. The smallest absolute Gasteiger partial charge is 0.324 e. The highest BCUT2D eigenvalue weighted by molar-refractivity contribution is 6.04. The number of hydrogen-bond donors (Lipinski definition) is 1. The second-order valence-electron chi connectivity index (χ2n) is 4.08. The highest BCUT2D eigenvalue weighted by atomic mass is 16.7. The van der Waals surface area contributed by atoms with Gasteiger partial charge in [-0.1, -0.05) is 13.3 Å². The summed E-state index contributed by atoms with van der Waals surface area (Å²) < 4.78 is 10.7. The Kier molecular flexibility index (Phi) is 6.07. The second-order valence-corrected chi connectivity index (χ2v) is 4.08. The Morgan fingerprint density at radius 2 is 1.83 bits per heavy atom. The second kappa shape index (κ2) is 7.33. The fourth-order valence-electron chi connectivity index (χ4n) is 1.91. The fourth-order valence-corrected chi connectivity index (χ4v) is 1.91. The zero-order chi connectivity index (χ0) is 13.5. The molecule has 1 aliphatic heterocycles. The first-order chi connectivity index (χ1) is 8.63. The maximum atomic E-state index is 12.0. The van der Waals surface area contributed by atoms with Crippen molar-refractivity contribution < 1.29 is 19.1 Å². The van der Waals surface area contributed by atoms with Crippen LogP contribution in [0, 0.1) is 0 Å². The minimum Gasteiger partial charge on any atom is -0.351 e. The molecule has 1 rings (SSSR count). The predicted molar refractivity (Wildman–Crippen MR) is 66.0 cm³/mol. The zero-order valence-electron chi connectivity index (χ0n) is 11.3. The van der Waals surface area contributed by atoms with E-state index in [1.165, 1.54) is 4.90 Å². The van der Waals surface area contributed by atoms with Gasteiger partial charge >= 0.3 is 6.03 Å². The monoisotopic (exact) mass is 258 g/mol. The summed E-state index contributed by atoms with van der Waals surface area (Å²) in [6.07, 6.45) is 0.968. The van der Waals surface area contributed by atoms with Crippen LogP contribution in [0.4, 0.5) is 4.79 Å². The molecule has 0 aromatic rings. The van der Waals surface area contributed by atoms with E-state index in [0.717, 1.165) is 6.42 Å². The molecule has 0 saturated carbocycles. The van der Waals surface area contributed by atoms with E-state index in [1.807, 2.05) is 20.8 Å². The topological polar surface area (TPSA) is 67.9 Å².